The number of aliphatic carboxylic acids is 2. The first-order chi connectivity index (χ1) is 21.0. The fraction of sp³-hybridized carbons (Fsp3) is 0.500. The molecule has 4 atom stereocenters. The van der Waals surface area contributed by atoms with Gasteiger partial charge in [-0.1, -0.05) is 6.07 Å². The highest BCUT2D eigenvalue weighted by Crippen LogP contribution is 2.47. The number of sulfone groups is 1. The second-order valence-electron chi connectivity index (χ2n) is 11.6. The van der Waals surface area contributed by atoms with Crippen LogP contribution in [0, 0.1) is 23.7 Å². The minimum absolute atomic E-state index is 0.465. The summed E-state index contributed by atoms with van der Waals surface area (Å²) >= 11 is 0. The minimum atomic E-state index is -5.08. The molecule has 4 unspecified atom stereocenters. The summed E-state index contributed by atoms with van der Waals surface area (Å²) in [5, 5.41) is 21.2. The van der Waals surface area contributed by atoms with Crippen molar-refractivity contribution in [3.8, 4) is 11.1 Å². The third kappa shape index (κ3) is 6.70. The molecular formula is C28H30F6N4O6S. The molecule has 45 heavy (non-hydrogen) atoms. The highest BCUT2D eigenvalue weighted by molar-refractivity contribution is 7.92. The van der Waals surface area contributed by atoms with Crippen LogP contribution in [0.5, 0.6) is 0 Å². The van der Waals surface area contributed by atoms with Gasteiger partial charge >= 0.3 is 24.3 Å². The van der Waals surface area contributed by atoms with Gasteiger partial charge in [0.25, 0.3) is 0 Å². The molecule has 7 rings (SSSR count). The number of benzene rings is 2. The predicted octanol–water partition coefficient (Wildman–Crippen LogP) is 3.08. The van der Waals surface area contributed by atoms with E-state index in [1.165, 1.54) is 0 Å². The van der Waals surface area contributed by atoms with Gasteiger partial charge in [0.1, 0.15) is 0 Å². The number of carbonyl (C=O) groups is 2. The number of nitrogens with one attached hydrogen (secondary N) is 2. The van der Waals surface area contributed by atoms with Crippen LogP contribution in [0.25, 0.3) is 11.1 Å². The van der Waals surface area contributed by atoms with Gasteiger partial charge in [0.15, 0.2) is 0 Å². The summed E-state index contributed by atoms with van der Waals surface area (Å²) in [6.45, 7) is 8.49. The zero-order valence-corrected chi connectivity index (χ0v) is 24.3. The number of rotatable bonds is 2. The summed E-state index contributed by atoms with van der Waals surface area (Å²) in [4.78, 5) is 23.5. The molecule has 2 aromatic rings. The van der Waals surface area contributed by atoms with Gasteiger partial charge in [0.05, 0.1) is 9.79 Å². The van der Waals surface area contributed by atoms with Crippen molar-refractivity contribution in [2.45, 2.75) is 22.1 Å². The highest BCUT2D eigenvalue weighted by Gasteiger charge is 2.41. The summed E-state index contributed by atoms with van der Waals surface area (Å²) in [7, 11) is -3.46. The van der Waals surface area contributed by atoms with E-state index < -0.39 is 34.1 Å². The van der Waals surface area contributed by atoms with Crippen LogP contribution in [0.2, 0.25) is 0 Å². The standard InChI is InChI=1S/C24H28N4O2S.2C2HF3O2/c29-31(30)23-4-2-19(27-11-15-7-25-8-16(15)12-27)5-22(23)21-3-1-20(6-24(21)31)28-13-17-9-26-10-18(17)14-28;2*3-2(4,5)1(6)7/h1-6,15-18,25-26H,7-14H2;2*(H,6,7). The van der Waals surface area contributed by atoms with E-state index in [9.17, 15) is 34.8 Å². The van der Waals surface area contributed by atoms with Crippen molar-refractivity contribution in [2.75, 3.05) is 62.2 Å². The Morgan fingerprint density at radius 2 is 1.02 bits per heavy atom. The molecule has 0 bridgehead atoms. The topological polar surface area (TPSA) is 139 Å². The summed E-state index contributed by atoms with van der Waals surface area (Å²) < 4.78 is 90.2. The molecule has 246 valence electrons. The van der Waals surface area contributed by atoms with Gasteiger partial charge in [-0.25, -0.2) is 18.0 Å². The van der Waals surface area contributed by atoms with Crippen LogP contribution >= 0.6 is 0 Å². The van der Waals surface area contributed by atoms with Crippen molar-refractivity contribution in [2.24, 2.45) is 23.7 Å². The van der Waals surface area contributed by atoms with Gasteiger partial charge in [-0.05, 0) is 54.0 Å². The highest BCUT2D eigenvalue weighted by atomic mass is 32.2. The van der Waals surface area contributed by atoms with Crippen LogP contribution in [0.1, 0.15) is 0 Å². The molecular weight excluding hydrogens is 634 g/mol. The van der Waals surface area contributed by atoms with Crippen molar-refractivity contribution >= 4 is 33.2 Å². The lowest BCUT2D eigenvalue weighted by Gasteiger charge is -2.21. The van der Waals surface area contributed by atoms with Crippen LogP contribution in [-0.4, -0.2) is 95.3 Å². The van der Waals surface area contributed by atoms with Crippen LogP contribution in [-0.2, 0) is 19.4 Å². The molecule has 0 amide bonds. The Morgan fingerprint density at radius 3 is 1.42 bits per heavy atom. The van der Waals surface area contributed by atoms with E-state index in [1.807, 2.05) is 24.3 Å². The molecule has 4 saturated heterocycles. The zero-order valence-electron chi connectivity index (χ0n) is 23.5. The van der Waals surface area contributed by atoms with E-state index >= 15 is 0 Å². The van der Waals surface area contributed by atoms with E-state index in [4.69, 9.17) is 19.8 Å². The van der Waals surface area contributed by atoms with Crippen molar-refractivity contribution in [1.82, 2.24) is 10.6 Å². The summed E-state index contributed by atoms with van der Waals surface area (Å²) in [6, 6.07) is 12.0. The molecule has 0 radical (unpaired) electrons. The van der Waals surface area contributed by atoms with Crippen molar-refractivity contribution in [3.05, 3.63) is 36.4 Å². The second kappa shape index (κ2) is 12.0. The number of hydrogen-bond acceptors (Lipinski definition) is 8. The third-order valence-corrected chi connectivity index (χ3v) is 10.6. The lowest BCUT2D eigenvalue weighted by atomic mass is 10.0. The van der Waals surface area contributed by atoms with Crippen LogP contribution in [0.4, 0.5) is 37.7 Å². The largest absolute Gasteiger partial charge is 0.490 e. The quantitative estimate of drug-likeness (QED) is 0.303. The van der Waals surface area contributed by atoms with Crippen molar-refractivity contribution in [3.63, 3.8) is 0 Å². The van der Waals surface area contributed by atoms with E-state index in [-0.39, 0.29) is 0 Å². The van der Waals surface area contributed by atoms with E-state index in [0.29, 0.717) is 33.5 Å². The molecule has 5 aliphatic rings. The van der Waals surface area contributed by atoms with E-state index in [1.54, 1.807) is 0 Å². The van der Waals surface area contributed by atoms with Crippen LogP contribution in [0.3, 0.4) is 0 Å². The van der Waals surface area contributed by atoms with Gasteiger partial charge in [0, 0.05) is 74.9 Å². The average molecular weight is 665 g/mol. The van der Waals surface area contributed by atoms with Crippen molar-refractivity contribution < 1.29 is 54.6 Å². The summed E-state index contributed by atoms with van der Waals surface area (Å²) in [5.41, 5.74) is 3.93. The smallest absolute Gasteiger partial charge is 0.475 e. The molecule has 0 saturated carbocycles. The van der Waals surface area contributed by atoms with Gasteiger partial charge < -0.3 is 30.6 Å². The molecule has 10 nitrogen and oxygen atoms in total. The lowest BCUT2D eigenvalue weighted by Crippen LogP contribution is -2.25. The van der Waals surface area contributed by atoms with Gasteiger partial charge in [0.2, 0.25) is 9.84 Å². The Morgan fingerprint density at radius 1 is 0.644 bits per heavy atom. The fourth-order valence-electron chi connectivity index (χ4n) is 6.56. The molecule has 5 aliphatic heterocycles. The normalized spacial score (nSPS) is 25.7. The predicted molar refractivity (Wildman–Crippen MR) is 149 cm³/mol. The minimum Gasteiger partial charge on any atom is -0.475 e. The third-order valence-electron chi connectivity index (χ3n) is 8.79. The molecule has 0 aliphatic carbocycles. The number of anilines is 2. The van der Waals surface area contributed by atoms with Crippen LogP contribution < -0.4 is 20.4 Å². The van der Waals surface area contributed by atoms with Crippen LogP contribution in [0.15, 0.2) is 46.2 Å². The zero-order chi connectivity index (χ0) is 32.9. The Hall–Kier alpha value is -3.57. The SMILES string of the molecule is O=C(O)C(F)(F)F.O=C(O)C(F)(F)F.O=S1(=O)c2ccc(N3CC4CNCC4C3)cc2-c2ccc(N3CC4CNCC4C3)cc21. The number of carboxylic acids is 2. The number of nitrogens with zero attached hydrogens (tertiary/aromatic N) is 2. The molecule has 5 heterocycles. The number of alkyl halides is 6. The van der Waals surface area contributed by atoms with Crippen molar-refractivity contribution in [1.29, 1.82) is 0 Å². The van der Waals surface area contributed by atoms with E-state index in [2.05, 4.69) is 32.6 Å². The van der Waals surface area contributed by atoms with Gasteiger partial charge in [-0.2, -0.15) is 26.3 Å². The fourth-order valence-corrected chi connectivity index (χ4v) is 8.25. The average Bonchev–Trinajstić information content (AvgIpc) is 3.75. The molecule has 2 aromatic carbocycles. The first-order valence-corrected chi connectivity index (χ1v) is 15.5. The summed E-state index contributed by atoms with van der Waals surface area (Å²) in [6.07, 6.45) is -10.2. The van der Waals surface area contributed by atoms with Gasteiger partial charge in [-0.15, -0.1) is 0 Å². The Kier molecular flexibility index (Phi) is 8.74. The first kappa shape index (κ1) is 32.8. The Bertz CT molecular complexity index is 1540. The molecule has 17 heteroatoms. The molecule has 4 fully saturated rings. The maximum atomic E-state index is 13.4. The number of carboxylic acid groups (broad SMARTS) is 2. The Labute approximate surface area is 253 Å². The number of halogens is 6. The van der Waals surface area contributed by atoms with E-state index in [0.717, 1.165) is 74.9 Å². The maximum absolute atomic E-state index is 13.4. The molecule has 4 N–H and O–H groups in total. The molecule has 0 spiro atoms. The van der Waals surface area contributed by atoms with Gasteiger partial charge in [-0.3, -0.25) is 0 Å². The molecule has 0 aromatic heterocycles. The first-order valence-electron chi connectivity index (χ1n) is 14.0. The summed E-state index contributed by atoms with van der Waals surface area (Å²) in [5.74, 6) is -2.73. The monoisotopic (exact) mass is 664 g/mol. The lowest BCUT2D eigenvalue weighted by molar-refractivity contribution is -0.193. The maximum Gasteiger partial charge on any atom is 0.490 e. The number of hydrogen-bond donors (Lipinski definition) is 4. The number of fused-ring (bicyclic) bond motifs is 5. The Balaban J connectivity index is 0.000000242. The second-order valence-corrected chi connectivity index (χ2v) is 13.5.